The quantitative estimate of drug-likeness (QED) is 0.379. The maximum Gasteiger partial charge on any atom is 0.344 e. The van der Waals surface area contributed by atoms with Crippen LogP contribution in [0.15, 0.2) is 71.6 Å². The summed E-state index contributed by atoms with van der Waals surface area (Å²) in [6.07, 6.45) is 4.21. The summed E-state index contributed by atoms with van der Waals surface area (Å²) in [7, 11) is -3.74. The minimum atomic E-state index is -3.74. The zero-order chi connectivity index (χ0) is 26.0. The molecule has 2 aliphatic rings. The zero-order valence-corrected chi connectivity index (χ0v) is 22.2. The van der Waals surface area contributed by atoms with E-state index in [-0.39, 0.29) is 23.5 Å². The molecule has 0 atom stereocenters. The average molecular weight is 520 g/mol. The summed E-state index contributed by atoms with van der Waals surface area (Å²) in [5.74, 6) is 0.0121. The number of carbonyl (C=O) groups excluding carboxylic acids is 1. The van der Waals surface area contributed by atoms with E-state index >= 15 is 0 Å². The Balaban J connectivity index is 1.45. The average Bonchev–Trinajstić information content (AvgIpc) is 3.37. The Bertz CT molecular complexity index is 1390. The highest BCUT2D eigenvalue weighted by Gasteiger charge is 2.45. The van der Waals surface area contributed by atoms with Gasteiger partial charge < -0.3 is 9.47 Å². The van der Waals surface area contributed by atoms with Crippen LogP contribution in [0.2, 0.25) is 0 Å². The van der Waals surface area contributed by atoms with Gasteiger partial charge >= 0.3 is 5.97 Å². The van der Waals surface area contributed by atoms with Crippen molar-refractivity contribution in [2.24, 2.45) is 0 Å². The molecule has 0 N–H and O–H groups in total. The number of sulfonamides is 1. The molecular formula is C30H33NO5S. The van der Waals surface area contributed by atoms with Crippen molar-refractivity contribution in [3.8, 4) is 16.9 Å². The Hall–Kier alpha value is -3.16. The number of hydrogen-bond donors (Lipinski definition) is 0. The van der Waals surface area contributed by atoms with Crippen LogP contribution >= 0.6 is 0 Å². The SMILES string of the molecule is CCOC(=O)COc1ccc(S(=O)(=O)N2Cc3cc(-c4ccccc4)ccc3C3(CCCC3)C2)cc1C. The smallest absolute Gasteiger partial charge is 0.344 e. The summed E-state index contributed by atoms with van der Waals surface area (Å²) in [4.78, 5) is 11.9. The van der Waals surface area contributed by atoms with E-state index in [2.05, 4.69) is 30.3 Å². The van der Waals surface area contributed by atoms with Crippen LogP contribution in [0, 0.1) is 6.92 Å². The number of hydrogen-bond acceptors (Lipinski definition) is 5. The van der Waals surface area contributed by atoms with Gasteiger partial charge in [0.15, 0.2) is 6.61 Å². The summed E-state index contributed by atoms with van der Waals surface area (Å²) in [6.45, 7) is 4.44. The molecule has 1 heterocycles. The lowest BCUT2D eigenvalue weighted by Crippen LogP contribution is -2.46. The predicted molar refractivity (Wildman–Crippen MR) is 143 cm³/mol. The highest BCUT2D eigenvalue weighted by Crippen LogP contribution is 2.47. The lowest BCUT2D eigenvalue weighted by atomic mass is 9.74. The van der Waals surface area contributed by atoms with Crippen LogP contribution in [-0.4, -0.2) is 38.5 Å². The topological polar surface area (TPSA) is 72.9 Å². The molecule has 1 aliphatic carbocycles. The maximum atomic E-state index is 13.9. The predicted octanol–water partition coefficient (Wildman–Crippen LogP) is 5.62. The first kappa shape index (κ1) is 25.5. The van der Waals surface area contributed by atoms with Crippen LogP contribution < -0.4 is 4.74 Å². The Morgan fingerprint density at radius 3 is 2.43 bits per heavy atom. The van der Waals surface area contributed by atoms with Gasteiger partial charge in [0, 0.05) is 18.5 Å². The molecule has 7 heteroatoms. The molecule has 1 spiro atoms. The largest absolute Gasteiger partial charge is 0.482 e. The lowest BCUT2D eigenvalue weighted by molar-refractivity contribution is -0.145. The Kier molecular flexibility index (Phi) is 7.10. The number of ether oxygens (including phenoxy) is 2. The number of aryl methyl sites for hydroxylation is 1. The third kappa shape index (κ3) is 5.03. The Morgan fingerprint density at radius 2 is 1.73 bits per heavy atom. The normalized spacial score (nSPS) is 16.9. The van der Waals surface area contributed by atoms with E-state index in [1.165, 1.54) is 5.56 Å². The first-order valence-corrected chi connectivity index (χ1v) is 14.3. The molecule has 0 unspecified atom stereocenters. The number of nitrogens with zero attached hydrogens (tertiary/aromatic N) is 1. The van der Waals surface area contributed by atoms with Gasteiger partial charge in [-0.2, -0.15) is 4.31 Å². The van der Waals surface area contributed by atoms with E-state index in [4.69, 9.17) is 9.47 Å². The van der Waals surface area contributed by atoms with Crippen molar-refractivity contribution in [1.29, 1.82) is 0 Å². The fraction of sp³-hybridized carbons (Fsp3) is 0.367. The molecule has 6 nitrogen and oxygen atoms in total. The number of rotatable bonds is 7. The monoisotopic (exact) mass is 519 g/mol. The molecule has 0 radical (unpaired) electrons. The first-order valence-electron chi connectivity index (χ1n) is 12.9. The summed E-state index contributed by atoms with van der Waals surface area (Å²) in [5, 5.41) is 0. The van der Waals surface area contributed by atoms with Crippen molar-refractivity contribution in [3.63, 3.8) is 0 Å². The fourth-order valence-corrected chi connectivity index (χ4v) is 7.39. The molecule has 0 saturated heterocycles. The van der Waals surface area contributed by atoms with Gasteiger partial charge in [-0.3, -0.25) is 0 Å². The molecular weight excluding hydrogens is 486 g/mol. The van der Waals surface area contributed by atoms with Crippen molar-refractivity contribution in [3.05, 3.63) is 83.4 Å². The Labute approximate surface area is 219 Å². The third-order valence-corrected chi connectivity index (χ3v) is 9.39. The standard InChI is InChI=1S/C30H33NO5S/c1-3-35-29(32)20-36-28-14-12-26(17-22(28)2)37(33,34)31-19-25-18-24(23-9-5-4-6-10-23)11-13-27(25)30(21-31)15-7-8-16-30/h4-6,9-14,17-18H,3,7-8,15-16,19-21H2,1-2H3. The van der Waals surface area contributed by atoms with Crippen LogP contribution in [0.25, 0.3) is 11.1 Å². The van der Waals surface area contributed by atoms with Gasteiger partial charge in [0.05, 0.1) is 11.5 Å². The summed E-state index contributed by atoms with van der Waals surface area (Å²) in [6, 6.07) is 21.6. The molecule has 1 aliphatic heterocycles. The lowest BCUT2D eigenvalue weighted by Gasteiger charge is -2.41. The molecule has 1 saturated carbocycles. The van der Waals surface area contributed by atoms with E-state index in [0.717, 1.165) is 42.4 Å². The van der Waals surface area contributed by atoms with Crippen LogP contribution in [0.1, 0.15) is 49.3 Å². The molecule has 0 bridgehead atoms. The van der Waals surface area contributed by atoms with E-state index < -0.39 is 16.0 Å². The second-order valence-electron chi connectivity index (χ2n) is 10.0. The fourth-order valence-electron chi connectivity index (χ4n) is 5.80. The summed E-state index contributed by atoms with van der Waals surface area (Å²) < 4.78 is 40.0. The molecule has 3 aromatic carbocycles. The van der Waals surface area contributed by atoms with Crippen molar-refractivity contribution in [1.82, 2.24) is 4.31 Å². The van der Waals surface area contributed by atoms with Crippen LogP contribution in [-0.2, 0) is 31.5 Å². The minimum Gasteiger partial charge on any atom is -0.482 e. The summed E-state index contributed by atoms with van der Waals surface area (Å²) in [5.41, 5.74) is 5.13. The van der Waals surface area contributed by atoms with Gasteiger partial charge in [0.1, 0.15) is 5.75 Å². The Morgan fingerprint density at radius 1 is 0.973 bits per heavy atom. The van der Waals surface area contributed by atoms with Gasteiger partial charge in [0.25, 0.3) is 0 Å². The van der Waals surface area contributed by atoms with Gasteiger partial charge in [-0.15, -0.1) is 0 Å². The van der Waals surface area contributed by atoms with Crippen molar-refractivity contribution >= 4 is 16.0 Å². The van der Waals surface area contributed by atoms with E-state index in [0.29, 0.717) is 24.4 Å². The maximum absolute atomic E-state index is 13.9. The molecule has 0 aromatic heterocycles. The molecule has 194 valence electrons. The highest BCUT2D eigenvalue weighted by atomic mass is 32.2. The molecule has 37 heavy (non-hydrogen) atoms. The molecule has 1 fully saturated rings. The van der Waals surface area contributed by atoms with Crippen molar-refractivity contribution < 1.29 is 22.7 Å². The van der Waals surface area contributed by atoms with Crippen molar-refractivity contribution in [2.45, 2.75) is 56.4 Å². The van der Waals surface area contributed by atoms with Gasteiger partial charge in [-0.25, -0.2) is 13.2 Å². The first-order chi connectivity index (χ1) is 17.8. The van der Waals surface area contributed by atoms with Crippen LogP contribution in [0.3, 0.4) is 0 Å². The number of carbonyl (C=O) groups is 1. The number of fused-ring (bicyclic) bond motifs is 2. The second kappa shape index (κ2) is 10.3. The molecule has 0 amide bonds. The van der Waals surface area contributed by atoms with E-state index in [1.54, 1.807) is 36.4 Å². The zero-order valence-electron chi connectivity index (χ0n) is 21.4. The molecule has 3 aromatic rings. The molecule has 5 rings (SSSR count). The van der Waals surface area contributed by atoms with Crippen LogP contribution in [0.5, 0.6) is 5.75 Å². The third-order valence-electron chi connectivity index (χ3n) is 7.61. The van der Waals surface area contributed by atoms with E-state index in [9.17, 15) is 13.2 Å². The highest BCUT2D eigenvalue weighted by molar-refractivity contribution is 7.89. The minimum absolute atomic E-state index is 0.145. The van der Waals surface area contributed by atoms with Gasteiger partial charge in [0.2, 0.25) is 10.0 Å². The van der Waals surface area contributed by atoms with E-state index in [1.807, 2.05) is 18.2 Å². The second-order valence-corrected chi connectivity index (χ2v) is 12.0. The summed E-state index contributed by atoms with van der Waals surface area (Å²) >= 11 is 0. The number of esters is 1. The number of benzene rings is 3. The van der Waals surface area contributed by atoms with Crippen LogP contribution in [0.4, 0.5) is 0 Å². The van der Waals surface area contributed by atoms with Crippen molar-refractivity contribution in [2.75, 3.05) is 19.8 Å². The van der Waals surface area contributed by atoms with Gasteiger partial charge in [-0.1, -0.05) is 55.3 Å². The van der Waals surface area contributed by atoms with Gasteiger partial charge in [-0.05, 0) is 78.8 Å².